The average Bonchev–Trinajstić information content (AvgIpc) is 2.80. The number of carbonyl (C=O) groups excluding carboxylic acids is 2. The highest BCUT2D eigenvalue weighted by molar-refractivity contribution is 6.30. The van der Waals surface area contributed by atoms with Gasteiger partial charge in [-0.25, -0.2) is 23.4 Å². The van der Waals surface area contributed by atoms with Crippen LogP contribution in [0.3, 0.4) is 0 Å². The Hall–Kier alpha value is -3.79. The third-order valence-corrected chi connectivity index (χ3v) is 5.89. The number of ether oxygens (including phenoxy) is 2. The molecule has 2 heterocycles. The van der Waals surface area contributed by atoms with Crippen molar-refractivity contribution in [2.24, 2.45) is 0 Å². The number of nitrogens with one attached hydrogen (secondary N) is 1. The first-order valence-electron chi connectivity index (χ1n) is 12.6. The third-order valence-electron chi connectivity index (χ3n) is 5.65. The average molecular weight is 575 g/mol. The Bertz CT molecular complexity index is 1390. The van der Waals surface area contributed by atoms with E-state index in [1.54, 1.807) is 67.7 Å². The molecule has 2 amide bonds. The van der Waals surface area contributed by atoms with Crippen molar-refractivity contribution in [1.82, 2.24) is 9.97 Å². The molecule has 0 saturated heterocycles. The van der Waals surface area contributed by atoms with E-state index in [1.807, 2.05) is 0 Å². The van der Waals surface area contributed by atoms with E-state index in [2.05, 4.69) is 15.3 Å². The standard InChI is InChI=1S/C29H33ClF2N4O4/c1-16(20-14-33-15-23(17(20)2)35-22-10-9-18(30)13-21(22)31)19-11-12-34-25(24(19)32)36(26(37)39-28(3,4)5)27(38)40-29(6,7)8/h9-16,35H,1-8H3. The van der Waals surface area contributed by atoms with Gasteiger partial charge in [0.25, 0.3) is 0 Å². The van der Waals surface area contributed by atoms with E-state index in [-0.39, 0.29) is 16.3 Å². The van der Waals surface area contributed by atoms with E-state index in [0.29, 0.717) is 21.7 Å². The maximum atomic E-state index is 16.1. The Balaban J connectivity index is 2.04. The minimum Gasteiger partial charge on any atom is -0.443 e. The Morgan fingerprint density at radius 2 is 1.55 bits per heavy atom. The van der Waals surface area contributed by atoms with Gasteiger partial charge < -0.3 is 14.8 Å². The summed E-state index contributed by atoms with van der Waals surface area (Å²) in [4.78, 5) is 34.8. The van der Waals surface area contributed by atoms with Crippen molar-refractivity contribution in [3.63, 3.8) is 0 Å². The zero-order chi connectivity index (χ0) is 30.0. The van der Waals surface area contributed by atoms with Crippen LogP contribution in [0.1, 0.15) is 71.1 Å². The number of anilines is 3. The van der Waals surface area contributed by atoms with Gasteiger partial charge >= 0.3 is 12.2 Å². The number of benzene rings is 1. The van der Waals surface area contributed by atoms with Gasteiger partial charge in [-0.05, 0) is 83.9 Å². The summed E-state index contributed by atoms with van der Waals surface area (Å²) in [7, 11) is 0. The molecule has 0 saturated carbocycles. The number of hydrogen-bond donors (Lipinski definition) is 1. The summed E-state index contributed by atoms with van der Waals surface area (Å²) >= 11 is 5.86. The number of amides is 2. The van der Waals surface area contributed by atoms with Crippen LogP contribution in [0.5, 0.6) is 0 Å². The van der Waals surface area contributed by atoms with Crippen LogP contribution in [-0.2, 0) is 9.47 Å². The van der Waals surface area contributed by atoms with Crippen molar-refractivity contribution in [1.29, 1.82) is 0 Å². The molecule has 40 heavy (non-hydrogen) atoms. The van der Waals surface area contributed by atoms with Gasteiger partial charge in [-0.3, -0.25) is 4.98 Å². The van der Waals surface area contributed by atoms with Crippen LogP contribution in [0.15, 0.2) is 42.9 Å². The van der Waals surface area contributed by atoms with Gasteiger partial charge in [-0.15, -0.1) is 0 Å². The van der Waals surface area contributed by atoms with Crippen LogP contribution in [0, 0.1) is 18.6 Å². The molecule has 1 unspecified atom stereocenters. The Morgan fingerprint density at radius 3 is 2.10 bits per heavy atom. The van der Waals surface area contributed by atoms with Crippen LogP contribution in [0.4, 0.5) is 35.6 Å². The molecule has 11 heteroatoms. The Kier molecular flexibility index (Phi) is 9.04. The number of nitrogens with zero attached hydrogens (tertiary/aromatic N) is 3. The van der Waals surface area contributed by atoms with Crippen molar-refractivity contribution in [2.45, 2.75) is 72.5 Å². The summed E-state index contributed by atoms with van der Waals surface area (Å²) in [6, 6.07) is 5.69. The molecule has 0 aliphatic heterocycles. The molecule has 1 aromatic carbocycles. The number of rotatable bonds is 5. The van der Waals surface area contributed by atoms with Crippen LogP contribution in [0.2, 0.25) is 5.02 Å². The third kappa shape index (κ3) is 7.44. The summed E-state index contributed by atoms with van der Waals surface area (Å²) in [6.07, 6.45) is 2.13. The molecule has 0 bridgehead atoms. The van der Waals surface area contributed by atoms with Crippen molar-refractivity contribution in [2.75, 3.05) is 10.2 Å². The molecule has 0 radical (unpaired) electrons. The lowest BCUT2D eigenvalue weighted by Gasteiger charge is -2.28. The normalized spacial score (nSPS) is 12.5. The van der Waals surface area contributed by atoms with E-state index in [0.717, 1.165) is 0 Å². The van der Waals surface area contributed by atoms with Gasteiger partial charge in [0.15, 0.2) is 11.6 Å². The van der Waals surface area contributed by atoms with Crippen LogP contribution in [0.25, 0.3) is 0 Å². The number of halogens is 3. The molecule has 1 atom stereocenters. The van der Waals surface area contributed by atoms with Crippen molar-refractivity contribution >= 4 is 41.0 Å². The lowest BCUT2D eigenvalue weighted by atomic mass is 9.91. The molecular formula is C29H33ClF2N4O4. The predicted octanol–water partition coefficient (Wildman–Crippen LogP) is 8.29. The summed E-state index contributed by atoms with van der Waals surface area (Å²) in [5.41, 5.74) is 0.201. The lowest BCUT2D eigenvalue weighted by molar-refractivity contribution is 0.0427. The molecule has 2 aromatic heterocycles. The molecule has 8 nitrogen and oxygen atoms in total. The van der Waals surface area contributed by atoms with Gasteiger partial charge in [0.05, 0.1) is 17.6 Å². The lowest BCUT2D eigenvalue weighted by Crippen LogP contribution is -2.44. The molecule has 1 N–H and O–H groups in total. The SMILES string of the molecule is Cc1c(Nc2ccc(Cl)cc2F)cncc1C(C)c1ccnc(N(C(=O)OC(C)(C)C)C(=O)OC(C)(C)C)c1F. The smallest absolute Gasteiger partial charge is 0.425 e. The summed E-state index contributed by atoms with van der Waals surface area (Å²) in [6.45, 7) is 13.2. The van der Waals surface area contributed by atoms with Gasteiger partial charge in [0, 0.05) is 28.9 Å². The molecule has 3 rings (SSSR count). The maximum absolute atomic E-state index is 16.1. The molecule has 214 valence electrons. The first kappa shape index (κ1) is 30.7. The number of pyridine rings is 2. The minimum atomic E-state index is -1.13. The fourth-order valence-electron chi connectivity index (χ4n) is 3.81. The first-order valence-corrected chi connectivity index (χ1v) is 12.9. The molecule has 3 aromatic rings. The Labute approximate surface area is 237 Å². The largest absolute Gasteiger partial charge is 0.443 e. The molecule has 0 aliphatic rings. The maximum Gasteiger partial charge on any atom is 0.425 e. The molecule has 0 aliphatic carbocycles. The van der Waals surface area contributed by atoms with Crippen LogP contribution < -0.4 is 10.2 Å². The molecule has 0 fully saturated rings. The van der Waals surface area contributed by atoms with Crippen molar-refractivity contribution in [3.8, 4) is 0 Å². The minimum absolute atomic E-state index is 0.141. The molecule has 0 spiro atoms. The Morgan fingerprint density at radius 1 is 0.950 bits per heavy atom. The van der Waals surface area contributed by atoms with Crippen LogP contribution in [-0.4, -0.2) is 33.4 Å². The van der Waals surface area contributed by atoms with Crippen LogP contribution >= 0.6 is 11.6 Å². The number of aromatic nitrogens is 2. The van der Waals surface area contributed by atoms with E-state index < -0.39 is 46.8 Å². The zero-order valence-corrected chi connectivity index (χ0v) is 24.5. The number of carbonyl (C=O) groups is 2. The summed E-state index contributed by atoms with van der Waals surface area (Å²) in [5, 5.41) is 3.26. The monoisotopic (exact) mass is 574 g/mol. The number of hydrogen-bond acceptors (Lipinski definition) is 7. The van der Waals surface area contributed by atoms with Crippen molar-refractivity contribution in [3.05, 3.63) is 76.2 Å². The highest BCUT2D eigenvalue weighted by Gasteiger charge is 2.36. The number of imide groups is 1. The van der Waals surface area contributed by atoms with Gasteiger partial charge in [0.1, 0.15) is 17.0 Å². The fourth-order valence-corrected chi connectivity index (χ4v) is 3.97. The van der Waals surface area contributed by atoms with Gasteiger partial charge in [-0.1, -0.05) is 18.5 Å². The van der Waals surface area contributed by atoms with E-state index in [9.17, 15) is 14.0 Å². The topological polar surface area (TPSA) is 93.7 Å². The first-order chi connectivity index (χ1) is 18.5. The fraction of sp³-hybridized carbons (Fsp3) is 0.379. The van der Waals surface area contributed by atoms with Gasteiger partial charge in [-0.2, -0.15) is 4.90 Å². The van der Waals surface area contributed by atoms with E-state index in [1.165, 1.54) is 30.6 Å². The second-order valence-electron chi connectivity index (χ2n) is 11.2. The zero-order valence-electron chi connectivity index (χ0n) is 23.7. The van der Waals surface area contributed by atoms with E-state index in [4.69, 9.17) is 21.1 Å². The van der Waals surface area contributed by atoms with Gasteiger partial charge in [0.2, 0.25) is 0 Å². The summed E-state index contributed by atoms with van der Waals surface area (Å²) in [5.74, 6) is -2.62. The summed E-state index contributed by atoms with van der Waals surface area (Å²) < 4.78 is 41.2. The predicted molar refractivity (Wildman–Crippen MR) is 150 cm³/mol. The molecular weight excluding hydrogens is 542 g/mol. The second-order valence-corrected chi connectivity index (χ2v) is 11.6. The van der Waals surface area contributed by atoms with E-state index >= 15 is 4.39 Å². The quantitative estimate of drug-likeness (QED) is 0.327. The van der Waals surface area contributed by atoms with Crippen molar-refractivity contribution < 1.29 is 27.8 Å². The highest BCUT2D eigenvalue weighted by Crippen LogP contribution is 2.35. The second kappa shape index (κ2) is 11.8. The highest BCUT2D eigenvalue weighted by atomic mass is 35.5.